The van der Waals surface area contributed by atoms with Gasteiger partial charge in [-0.15, -0.1) is 0 Å². The molecule has 0 aliphatic carbocycles. The fourth-order valence-electron chi connectivity index (χ4n) is 3.34. The largest absolute Gasteiger partial charge is 0.497 e. The maximum absolute atomic E-state index is 12.9. The molecular weight excluding hydrogens is 355 g/mol. The molecule has 5 heteroatoms. The first kappa shape index (κ1) is 20.1. The standard InChI is InChI=1S/C23H27FN2O2/c1-28-22-11-7-20(8-12-22)18-23(27)26-15-3-14-25(16-17-26)13-2-4-19-5-9-21(24)10-6-19/h2,4-12H,3,13-18H2,1H3. The van der Waals surface area contributed by atoms with E-state index in [0.29, 0.717) is 6.42 Å². The van der Waals surface area contributed by atoms with Crippen LogP contribution in [0.2, 0.25) is 0 Å². The molecule has 1 heterocycles. The highest BCUT2D eigenvalue weighted by atomic mass is 19.1. The van der Waals surface area contributed by atoms with E-state index in [1.54, 1.807) is 19.2 Å². The molecule has 28 heavy (non-hydrogen) atoms. The predicted molar refractivity (Wildman–Crippen MR) is 110 cm³/mol. The number of benzene rings is 2. The summed E-state index contributed by atoms with van der Waals surface area (Å²) in [7, 11) is 1.64. The number of hydrogen-bond acceptors (Lipinski definition) is 3. The molecule has 0 unspecified atom stereocenters. The molecule has 0 saturated carbocycles. The highest BCUT2D eigenvalue weighted by molar-refractivity contribution is 5.78. The minimum absolute atomic E-state index is 0.175. The molecule has 4 nitrogen and oxygen atoms in total. The number of nitrogens with zero attached hydrogens (tertiary/aromatic N) is 2. The molecule has 0 bridgehead atoms. The highest BCUT2D eigenvalue weighted by Crippen LogP contribution is 2.13. The van der Waals surface area contributed by atoms with Gasteiger partial charge in [0.25, 0.3) is 0 Å². The van der Waals surface area contributed by atoms with Crippen molar-refractivity contribution in [2.45, 2.75) is 12.8 Å². The summed E-state index contributed by atoms with van der Waals surface area (Å²) in [6.07, 6.45) is 5.51. The Morgan fingerprint density at radius 3 is 2.50 bits per heavy atom. The fourth-order valence-corrected chi connectivity index (χ4v) is 3.34. The van der Waals surface area contributed by atoms with E-state index in [2.05, 4.69) is 11.0 Å². The molecule has 0 atom stereocenters. The lowest BCUT2D eigenvalue weighted by Crippen LogP contribution is -2.36. The molecule has 1 saturated heterocycles. The van der Waals surface area contributed by atoms with Gasteiger partial charge < -0.3 is 9.64 Å². The second-order valence-corrected chi connectivity index (χ2v) is 7.01. The van der Waals surface area contributed by atoms with Gasteiger partial charge in [-0.1, -0.05) is 36.4 Å². The normalized spacial score (nSPS) is 15.6. The van der Waals surface area contributed by atoms with Gasteiger partial charge in [-0.2, -0.15) is 0 Å². The van der Waals surface area contributed by atoms with Crippen LogP contribution in [0.5, 0.6) is 5.75 Å². The lowest BCUT2D eigenvalue weighted by molar-refractivity contribution is -0.130. The van der Waals surface area contributed by atoms with Crippen molar-refractivity contribution in [3.05, 3.63) is 71.6 Å². The van der Waals surface area contributed by atoms with Crippen molar-refractivity contribution in [3.8, 4) is 5.75 Å². The summed E-state index contributed by atoms with van der Waals surface area (Å²) in [6, 6.07) is 14.2. The highest BCUT2D eigenvalue weighted by Gasteiger charge is 2.18. The molecule has 1 aliphatic rings. The second kappa shape index (κ2) is 10.0. The van der Waals surface area contributed by atoms with Gasteiger partial charge in [0.05, 0.1) is 13.5 Å². The summed E-state index contributed by atoms with van der Waals surface area (Å²) >= 11 is 0. The Labute approximate surface area is 166 Å². The molecule has 0 aromatic heterocycles. The second-order valence-electron chi connectivity index (χ2n) is 7.01. The molecule has 0 radical (unpaired) electrons. The zero-order valence-corrected chi connectivity index (χ0v) is 16.3. The van der Waals surface area contributed by atoms with Crippen LogP contribution in [0.15, 0.2) is 54.6 Å². The summed E-state index contributed by atoms with van der Waals surface area (Å²) in [5, 5.41) is 0. The quantitative estimate of drug-likeness (QED) is 0.765. The van der Waals surface area contributed by atoms with Gasteiger partial charge >= 0.3 is 0 Å². The zero-order valence-electron chi connectivity index (χ0n) is 16.3. The third-order valence-corrected chi connectivity index (χ3v) is 5.00. The number of hydrogen-bond donors (Lipinski definition) is 0. The topological polar surface area (TPSA) is 32.8 Å². The molecular formula is C23H27FN2O2. The average Bonchev–Trinajstić information content (AvgIpc) is 2.96. The van der Waals surface area contributed by atoms with E-state index < -0.39 is 0 Å². The van der Waals surface area contributed by atoms with Crippen LogP contribution in [0, 0.1) is 5.82 Å². The third-order valence-electron chi connectivity index (χ3n) is 5.00. The first-order valence-corrected chi connectivity index (χ1v) is 9.69. The molecule has 148 valence electrons. The predicted octanol–water partition coefficient (Wildman–Crippen LogP) is 3.62. The van der Waals surface area contributed by atoms with Crippen molar-refractivity contribution < 1.29 is 13.9 Å². The van der Waals surface area contributed by atoms with Gasteiger partial charge in [0.2, 0.25) is 5.91 Å². The third kappa shape index (κ3) is 5.92. The van der Waals surface area contributed by atoms with Crippen LogP contribution in [0.25, 0.3) is 6.08 Å². The molecule has 1 amide bonds. The first-order chi connectivity index (χ1) is 13.6. The van der Waals surface area contributed by atoms with Crippen molar-refractivity contribution in [2.75, 3.05) is 39.8 Å². The maximum atomic E-state index is 12.9. The fraction of sp³-hybridized carbons (Fsp3) is 0.348. The van der Waals surface area contributed by atoms with Crippen LogP contribution in [-0.2, 0) is 11.2 Å². The van der Waals surface area contributed by atoms with Crippen LogP contribution in [0.1, 0.15) is 17.5 Å². The van der Waals surface area contributed by atoms with Gasteiger partial charge in [0.1, 0.15) is 11.6 Å². The lowest BCUT2D eigenvalue weighted by atomic mass is 10.1. The van der Waals surface area contributed by atoms with Gasteiger partial charge in [-0.25, -0.2) is 4.39 Å². The van der Waals surface area contributed by atoms with Crippen LogP contribution >= 0.6 is 0 Å². The Morgan fingerprint density at radius 2 is 1.79 bits per heavy atom. The van der Waals surface area contributed by atoms with Crippen LogP contribution in [0.3, 0.4) is 0 Å². The van der Waals surface area contributed by atoms with Crippen molar-refractivity contribution in [2.24, 2.45) is 0 Å². The average molecular weight is 382 g/mol. The summed E-state index contributed by atoms with van der Waals surface area (Å²) in [5.74, 6) is 0.758. The SMILES string of the molecule is COc1ccc(CC(=O)N2CCCN(CC=Cc3ccc(F)cc3)CC2)cc1. The van der Waals surface area contributed by atoms with Gasteiger partial charge in [-0.3, -0.25) is 9.69 Å². The monoisotopic (exact) mass is 382 g/mol. The minimum Gasteiger partial charge on any atom is -0.497 e. The molecule has 1 fully saturated rings. The summed E-state index contributed by atoms with van der Waals surface area (Å²) in [4.78, 5) is 17.0. The Balaban J connectivity index is 1.46. The smallest absolute Gasteiger partial charge is 0.227 e. The molecule has 3 rings (SSSR count). The summed E-state index contributed by atoms with van der Waals surface area (Å²) < 4.78 is 18.1. The Bertz CT molecular complexity index is 787. The maximum Gasteiger partial charge on any atom is 0.227 e. The number of ether oxygens (including phenoxy) is 1. The number of methoxy groups -OCH3 is 1. The van der Waals surface area contributed by atoms with E-state index in [1.165, 1.54) is 12.1 Å². The summed E-state index contributed by atoms with van der Waals surface area (Å²) in [5.41, 5.74) is 2.00. The van der Waals surface area contributed by atoms with Gasteiger partial charge in [-0.05, 0) is 41.8 Å². The lowest BCUT2D eigenvalue weighted by Gasteiger charge is -2.21. The molecule has 2 aromatic carbocycles. The van der Waals surface area contributed by atoms with E-state index >= 15 is 0 Å². The van der Waals surface area contributed by atoms with Crippen molar-refractivity contribution in [1.29, 1.82) is 0 Å². The van der Waals surface area contributed by atoms with Crippen LogP contribution < -0.4 is 4.74 Å². The molecule has 1 aliphatic heterocycles. The number of carbonyl (C=O) groups excluding carboxylic acids is 1. The summed E-state index contributed by atoms with van der Waals surface area (Å²) in [6.45, 7) is 4.21. The van der Waals surface area contributed by atoms with Gasteiger partial charge in [0, 0.05) is 32.7 Å². The van der Waals surface area contributed by atoms with Crippen molar-refractivity contribution in [1.82, 2.24) is 9.80 Å². The Hall–Kier alpha value is -2.66. The number of halogens is 1. The zero-order chi connectivity index (χ0) is 19.8. The Morgan fingerprint density at radius 1 is 1.04 bits per heavy atom. The van der Waals surface area contributed by atoms with Crippen LogP contribution in [0.4, 0.5) is 4.39 Å². The number of carbonyl (C=O) groups is 1. The van der Waals surface area contributed by atoms with Gasteiger partial charge in [0.15, 0.2) is 0 Å². The minimum atomic E-state index is -0.218. The van der Waals surface area contributed by atoms with Crippen molar-refractivity contribution >= 4 is 12.0 Å². The van der Waals surface area contributed by atoms with E-state index in [9.17, 15) is 9.18 Å². The Kier molecular flexibility index (Phi) is 7.20. The van der Waals surface area contributed by atoms with E-state index in [4.69, 9.17) is 4.74 Å². The van der Waals surface area contributed by atoms with E-state index in [-0.39, 0.29) is 11.7 Å². The molecule has 0 N–H and O–H groups in total. The van der Waals surface area contributed by atoms with Crippen LogP contribution in [-0.4, -0.2) is 55.5 Å². The van der Waals surface area contributed by atoms with E-state index in [0.717, 1.165) is 56.0 Å². The number of amides is 1. The number of rotatable bonds is 6. The van der Waals surface area contributed by atoms with Crippen molar-refractivity contribution in [3.63, 3.8) is 0 Å². The van der Waals surface area contributed by atoms with E-state index in [1.807, 2.05) is 35.2 Å². The molecule has 0 spiro atoms. The molecule has 2 aromatic rings. The first-order valence-electron chi connectivity index (χ1n) is 9.69.